The zero-order chi connectivity index (χ0) is 12.7. The van der Waals surface area contributed by atoms with Crippen LogP contribution in [0.4, 0.5) is 0 Å². The Morgan fingerprint density at radius 1 is 1.24 bits per heavy atom. The van der Waals surface area contributed by atoms with Crippen molar-refractivity contribution in [1.82, 2.24) is 5.32 Å². The first kappa shape index (κ1) is 14.0. The summed E-state index contributed by atoms with van der Waals surface area (Å²) < 4.78 is 10.4. The molecule has 0 amide bonds. The van der Waals surface area contributed by atoms with E-state index >= 15 is 0 Å². The summed E-state index contributed by atoms with van der Waals surface area (Å²) in [5, 5.41) is 3.19. The van der Waals surface area contributed by atoms with Crippen LogP contribution in [0.25, 0.3) is 0 Å². The minimum atomic E-state index is 0.532. The van der Waals surface area contributed by atoms with Crippen LogP contribution in [0.1, 0.15) is 30.9 Å². The van der Waals surface area contributed by atoms with Crippen molar-refractivity contribution in [2.24, 2.45) is 0 Å². The molecule has 0 aliphatic rings. The maximum atomic E-state index is 5.43. The van der Waals surface area contributed by atoms with Crippen molar-refractivity contribution < 1.29 is 9.47 Å². The number of hydrogen-bond donors (Lipinski definition) is 1. The number of nitrogens with one attached hydrogen (secondary N) is 1. The largest absolute Gasteiger partial charge is 0.496 e. The number of benzene rings is 1. The lowest BCUT2D eigenvalue weighted by molar-refractivity contribution is 0.176. The molecule has 1 rings (SSSR count). The van der Waals surface area contributed by atoms with Crippen LogP contribution >= 0.6 is 0 Å². The first-order valence-electron chi connectivity index (χ1n) is 6.05. The van der Waals surface area contributed by atoms with E-state index in [1.807, 2.05) is 0 Å². The second-order valence-corrected chi connectivity index (χ2v) is 4.41. The Hall–Kier alpha value is -1.06. The van der Waals surface area contributed by atoms with E-state index in [4.69, 9.17) is 9.47 Å². The molecule has 0 saturated heterocycles. The first-order chi connectivity index (χ1) is 8.19. The Kier molecular flexibility index (Phi) is 6.01. The standard InChI is InChI=1S/C14H23NO2/c1-11(2)13-6-5-12(14(9-13)17-4)7-8-15-10-16-3/h5-6,9,11,15H,7-8,10H2,1-4H3. The smallest absolute Gasteiger partial charge is 0.122 e. The van der Waals surface area contributed by atoms with E-state index in [2.05, 4.69) is 37.4 Å². The third-order valence-electron chi connectivity index (χ3n) is 2.80. The van der Waals surface area contributed by atoms with E-state index in [1.54, 1.807) is 14.2 Å². The maximum absolute atomic E-state index is 5.43. The van der Waals surface area contributed by atoms with Gasteiger partial charge in [-0.25, -0.2) is 0 Å². The average molecular weight is 237 g/mol. The van der Waals surface area contributed by atoms with Crippen LogP contribution in [0.15, 0.2) is 18.2 Å². The second kappa shape index (κ2) is 7.30. The lowest BCUT2D eigenvalue weighted by Gasteiger charge is -2.13. The van der Waals surface area contributed by atoms with Crippen molar-refractivity contribution in [3.05, 3.63) is 29.3 Å². The van der Waals surface area contributed by atoms with Gasteiger partial charge in [0.05, 0.1) is 13.8 Å². The van der Waals surface area contributed by atoms with Crippen molar-refractivity contribution in [1.29, 1.82) is 0 Å². The molecule has 0 heterocycles. The molecule has 0 atom stereocenters. The molecule has 0 radical (unpaired) electrons. The Morgan fingerprint density at radius 3 is 2.59 bits per heavy atom. The van der Waals surface area contributed by atoms with E-state index in [-0.39, 0.29) is 0 Å². The Labute approximate surface area is 104 Å². The summed E-state index contributed by atoms with van der Waals surface area (Å²) in [6.07, 6.45) is 0.949. The van der Waals surface area contributed by atoms with Crippen LogP contribution in [-0.4, -0.2) is 27.5 Å². The Bertz CT molecular complexity index is 337. The highest BCUT2D eigenvalue weighted by Crippen LogP contribution is 2.24. The van der Waals surface area contributed by atoms with Gasteiger partial charge in [0.1, 0.15) is 5.75 Å². The van der Waals surface area contributed by atoms with Gasteiger partial charge < -0.3 is 9.47 Å². The van der Waals surface area contributed by atoms with Gasteiger partial charge in [-0.15, -0.1) is 0 Å². The molecule has 0 saturated carbocycles. The van der Waals surface area contributed by atoms with Crippen molar-refractivity contribution in [3.8, 4) is 5.75 Å². The summed E-state index contributed by atoms with van der Waals surface area (Å²) in [5.41, 5.74) is 2.55. The third kappa shape index (κ3) is 4.36. The molecule has 3 nitrogen and oxygen atoms in total. The summed E-state index contributed by atoms with van der Waals surface area (Å²) >= 11 is 0. The van der Waals surface area contributed by atoms with Gasteiger partial charge in [0.2, 0.25) is 0 Å². The number of methoxy groups -OCH3 is 2. The summed E-state index contributed by atoms with van der Waals surface area (Å²) in [5.74, 6) is 1.51. The summed E-state index contributed by atoms with van der Waals surface area (Å²) in [7, 11) is 3.41. The lowest BCUT2D eigenvalue weighted by atomic mass is 10.00. The highest BCUT2D eigenvalue weighted by Gasteiger charge is 2.06. The highest BCUT2D eigenvalue weighted by molar-refractivity contribution is 5.38. The number of hydrogen-bond acceptors (Lipinski definition) is 3. The fourth-order valence-electron chi connectivity index (χ4n) is 1.72. The number of rotatable bonds is 7. The van der Waals surface area contributed by atoms with Crippen LogP contribution in [0, 0.1) is 0 Å². The quantitative estimate of drug-likeness (QED) is 0.584. The van der Waals surface area contributed by atoms with Crippen LogP contribution in [0.5, 0.6) is 5.75 Å². The zero-order valence-electron chi connectivity index (χ0n) is 11.2. The summed E-state index contributed by atoms with van der Waals surface area (Å²) in [6, 6.07) is 6.47. The monoisotopic (exact) mass is 237 g/mol. The van der Waals surface area contributed by atoms with Gasteiger partial charge in [-0.1, -0.05) is 26.0 Å². The van der Waals surface area contributed by atoms with Gasteiger partial charge in [0, 0.05) is 13.7 Å². The number of ether oxygens (including phenoxy) is 2. The maximum Gasteiger partial charge on any atom is 0.122 e. The zero-order valence-corrected chi connectivity index (χ0v) is 11.2. The van der Waals surface area contributed by atoms with Gasteiger partial charge in [-0.3, -0.25) is 5.32 Å². The molecule has 1 N–H and O–H groups in total. The van der Waals surface area contributed by atoms with E-state index in [0.29, 0.717) is 12.6 Å². The molecule has 0 fully saturated rings. The van der Waals surface area contributed by atoms with Crippen LogP contribution in [0.2, 0.25) is 0 Å². The minimum Gasteiger partial charge on any atom is -0.496 e. The van der Waals surface area contributed by atoms with Gasteiger partial charge in [-0.2, -0.15) is 0 Å². The van der Waals surface area contributed by atoms with Gasteiger partial charge in [-0.05, 0) is 29.5 Å². The van der Waals surface area contributed by atoms with E-state index < -0.39 is 0 Å². The van der Waals surface area contributed by atoms with Crippen LogP contribution < -0.4 is 10.1 Å². The molecule has 0 bridgehead atoms. The first-order valence-corrected chi connectivity index (χ1v) is 6.05. The van der Waals surface area contributed by atoms with Crippen molar-refractivity contribution in [2.75, 3.05) is 27.5 Å². The normalized spacial score (nSPS) is 10.9. The molecule has 0 aromatic heterocycles. The fourth-order valence-corrected chi connectivity index (χ4v) is 1.72. The molecule has 0 unspecified atom stereocenters. The van der Waals surface area contributed by atoms with E-state index in [9.17, 15) is 0 Å². The van der Waals surface area contributed by atoms with E-state index in [1.165, 1.54) is 11.1 Å². The van der Waals surface area contributed by atoms with Crippen LogP contribution in [0.3, 0.4) is 0 Å². The topological polar surface area (TPSA) is 30.5 Å². The molecule has 0 aliphatic carbocycles. The molecular formula is C14H23NO2. The summed E-state index contributed by atoms with van der Waals surface area (Å²) in [6.45, 7) is 5.86. The molecular weight excluding hydrogens is 214 g/mol. The van der Waals surface area contributed by atoms with E-state index in [0.717, 1.165) is 18.7 Å². The summed E-state index contributed by atoms with van der Waals surface area (Å²) in [4.78, 5) is 0. The predicted octanol–water partition coefficient (Wildman–Crippen LogP) is 2.55. The fraction of sp³-hybridized carbons (Fsp3) is 0.571. The molecule has 0 aliphatic heterocycles. The van der Waals surface area contributed by atoms with Gasteiger partial charge in [0.15, 0.2) is 0 Å². The highest BCUT2D eigenvalue weighted by atomic mass is 16.5. The molecule has 0 spiro atoms. The van der Waals surface area contributed by atoms with Gasteiger partial charge >= 0.3 is 0 Å². The molecule has 1 aromatic carbocycles. The van der Waals surface area contributed by atoms with Gasteiger partial charge in [0.25, 0.3) is 0 Å². The predicted molar refractivity (Wildman–Crippen MR) is 70.7 cm³/mol. The van der Waals surface area contributed by atoms with Crippen molar-refractivity contribution in [2.45, 2.75) is 26.2 Å². The lowest BCUT2D eigenvalue weighted by Crippen LogP contribution is -2.19. The minimum absolute atomic E-state index is 0.532. The molecule has 1 aromatic rings. The van der Waals surface area contributed by atoms with Crippen LogP contribution in [-0.2, 0) is 11.2 Å². The Balaban J connectivity index is 2.65. The SMILES string of the molecule is COCNCCc1ccc(C(C)C)cc1OC. The van der Waals surface area contributed by atoms with Crippen molar-refractivity contribution in [3.63, 3.8) is 0 Å². The molecule has 3 heteroatoms. The third-order valence-corrected chi connectivity index (χ3v) is 2.80. The Morgan fingerprint density at radius 2 is 2.00 bits per heavy atom. The average Bonchev–Trinajstić information content (AvgIpc) is 2.34. The van der Waals surface area contributed by atoms with Crippen molar-refractivity contribution >= 4 is 0 Å². The second-order valence-electron chi connectivity index (χ2n) is 4.41. The molecule has 96 valence electrons. The molecule has 17 heavy (non-hydrogen) atoms.